The Morgan fingerprint density at radius 3 is 1.31 bits per heavy atom. The average Bonchev–Trinajstić information content (AvgIpc) is 1.81. The van der Waals surface area contributed by atoms with Gasteiger partial charge in [0.05, 0.1) is 0 Å². The SMILES string of the molecule is CC(C)(C)N[CH2][Fe][CH2]NC(C)(C)C. The van der Waals surface area contributed by atoms with Crippen molar-refractivity contribution >= 4 is 0 Å². The molecule has 0 aromatic carbocycles. The van der Waals surface area contributed by atoms with E-state index in [9.17, 15) is 0 Å². The van der Waals surface area contributed by atoms with Gasteiger partial charge in [-0.1, -0.05) is 0 Å². The fourth-order valence-electron chi connectivity index (χ4n) is 0.508. The summed E-state index contributed by atoms with van der Waals surface area (Å²) in [6.07, 6.45) is 0. The van der Waals surface area contributed by atoms with Crippen LogP contribution in [0, 0.1) is 0 Å². The molecule has 0 fully saturated rings. The summed E-state index contributed by atoms with van der Waals surface area (Å²) in [6.45, 7) is 13.2. The molecule has 2 nitrogen and oxygen atoms in total. The van der Waals surface area contributed by atoms with Crippen molar-refractivity contribution in [1.82, 2.24) is 10.6 Å². The summed E-state index contributed by atoms with van der Waals surface area (Å²) in [5.74, 6) is 0. The Hall–Kier alpha value is 0.439. The van der Waals surface area contributed by atoms with Gasteiger partial charge in [0.1, 0.15) is 0 Å². The van der Waals surface area contributed by atoms with Crippen molar-refractivity contribution in [2.45, 2.75) is 52.6 Å². The second kappa shape index (κ2) is 5.35. The van der Waals surface area contributed by atoms with Crippen molar-refractivity contribution in [3.05, 3.63) is 0 Å². The van der Waals surface area contributed by atoms with Gasteiger partial charge in [-0.25, -0.2) is 0 Å². The van der Waals surface area contributed by atoms with Gasteiger partial charge in [0.25, 0.3) is 0 Å². The summed E-state index contributed by atoms with van der Waals surface area (Å²) < 4.78 is 0. The van der Waals surface area contributed by atoms with E-state index in [-0.39, 0.29) is 11.1 Å². The van der Waals surface area contributed by atoms with Crippen LogP contribution in [0.5, 0.6) is 0 Å². The molecule has 0 saturated carbocycles. The third kappa shape index (κ3) is 12.4. The van der Waals surface area contributed by atoms with E-state index >= 15 is 0 Å². The van der Waals surface area contributed by atoms with Crippen LogP contribution in [0.1, 0.15) is 41.5 Å². The van der Waals surface area contributed by atoms with E-state index in [2.05, 4.69) is 52.2 Å². The van der Waals surface area contributed by atoms with Crippen molar-refractivity contribution in [3.8, 4) is 0 Å². The van der Waals surface area contributed by atoms with Crippen molar-refractivity contribution in [2.24, 2.45) is 0 Å². The van der Waals surface area contributed by atoms with E-state index in [1.807, 2.05) is 0 Å². The van der Waals surface area contributed by atoms with E-state index in [0.29, 0.717) is 0 Å². The molecule has 13 heavy (non-hydrogen) atoms. The van der Waals surface area contributed by atoms with Crippen molar-refractivity contribution in [3.63, 3.8) is 0 Å². The maximum atomic E-state index is 3.47. The summed E-state index contributed by atoms with van der Waals surface area (Å²) in [5, 5.41) is 6.94. The Kier molecular flexibility index (Phi) is 5.53. The van der Waals surface area contributed by atoms with Gasteiger partial charge in [-0.2, -0.15) is 0 Å². The van der Waals surface area contributed by atoms with Crippen LogP contribution in [0.25, 0.3) is 0 Å². The minimum atomic E-state index is 0.252. The molecule has 0 amide bonds. The molecule has 0 aliphatic rings. The molecule has 0 unspecified atom stereocenters. The number of rotatable bonds is 4. The second-order valence-corrected chi connectivity index (χ2v) is 6.61. The minimum absolute atomic E-state index is 0.252. The summed E-state index contributed by atoms with van der Waals surface area (Å²) in [6, 6.07) is 0. The molecule has 0 atom stereocenters. The molecule has 82 valence electrons. The van der Waals surface area contributed by atoms with Crippen LogP contribution in [0.4, 0.5) is 0 Å². The molecule has 0 saturated heterocycles. The average molecular weight is 228 g/mol. The Labute approximate surface area is 89.4 Å². The normalized spacial score (nSPS) is 13.7. The van der Waals surface area contributed by atoms with Gasteiger partial charge in [-0.05, 0) is 0 Å². The summed E-state index contributed by atoms with van der Waals surface area (Å²) in [4.78, 5) is 0. The molecule has 3 heteroatoms. The zero-order valence-electron chi connectivity index (χ0n) is 9.77. The summed E-state index contributed by atoms with van der Waals surface area (Å²) >= 11 is 1.19. The molecule has 0 aliphatic carbocycles. The molecule has 0 aromatic rings. The molecule has 0 radical (unpaired) electrons. The predicted octanol–water partition coefficient (Wildman–Crippen LogP) is 1.76. The van der Waals surface area contributed by atoms with Gasteiger partial charge in [0, 0.05) is 0 Å². The first-order valence-electron chi connectivity index (χ1n) is 4.71. The van der Waals surface area contributed by atoms with E-state index in [4.69, 9.17) is 0 Å². The first-order valence-corrected chi connectivity index (χ1v) is 6.27. The first kappa shape index (κ1) is 13.4. The standard InChI is InChI=1S/2C5H12N.Fe/c2*1-5(2,3)6-4;/h2*6H,4H2,1-3H3;. The Morgan fingerprint density at radius 1 is 0.769 bits per heavy atom. The van der Waals surface area contributed by atoms with Crippen molar-refractivity contribution in [1.29, 1.82) is 0 Å². The van der Waals surface area contributed by atoms with Gasteiger partial charge >= 0.3 is 89.1 Å². The molecule has 0 spiro atoms. The number of nitrogens with one attached hydrogen (secondary N) is 2. The van der Waals surface area contributed by atoms with Crippen molar-refractivity contribution < 1.29 is 15.0 Å². The molecule has 0 bridgehead atoms. The Bertz CT molecular complexity index is 117. The molecular formula is C10H24FeN2. The second-order valence-electron chi connectivity index (χ2n) is 5.28. The summed E-state index contributed by atoms with van der Waals surface area (Å²) in [5.41, 5.74) is 2.68. The monoisotopic (exact) mass is 228 g/mol. The van der Waals surface area contributed by atoms with Gasteiger partial charge in [-0.15, -0.1) is 0 Å². The molecule has 0 heterocycles. The Morgan fingerprint density at radius 2 is 1.08 bits per heavy atom. The van der Waals surface area contributed by atoms with Gasteiger partial charge < -0.3 is 0 Å². The molecular weight excluding hydrogens is 204 g/mol. The van der Waals surface area contributed by atoms with Gasteiger partial charge in [0.15, 0.2) is 0 Å². The van der Waals surface area contributed by atoms with E-state index in [1.165, 1.54) is 15.0 Å². The molecule has 0 rings (SSSR count). The molecule has 0 aliphatic heterocycles. The topological polar surface area (TPSA) is 24.1 Å². The fraction of sp³-hybridized carbons (Fsp3) is 1.00. The van der Waals surface area contributed by atoms with Crippen LogP contribution in [-0.4, -0.2) is 22.0 Å². The van der Waals surface area contributed by atoms with E-state index in [0.717, 1.165) is 10.9 Å². The zero-order valence-corrected chi connectivity index (χ0v) is 10.9. The van der Waals surface area contributed by atoms with Crippen LogP contribution in [-0.2, 0) is 15.0 Å². The van der Waals surface area contributed by atoms with Gasteiger partial charge in [-0.3, -0.25) is 0 Å². The van der Waals surface area contributed by atoms with Crippen LogP contribution in [0.15, 0.2) is 0 Å². The van der Waals surface area contributed by atoms with Gasteiger partial charge in [0.2, 0.25) is 0 Å². The summed E-state index contributed by atoms with van der Waals surface area (Å²) in [7, 11) is 0. The Balaban J connectivity index is 3.28. The maximum absolute atomic E-state index is 3.47. The zero-order chi connectivity index (χ0) is 10.5. The third-order valence-corrected chi connectivity index (χ3v) is 2.30. The van der Waals surface area contributed by atoms with Crippen molar-refractivity contribution in [2.75, 3.05) is 10.9 Å². The molecule has 0 aromatic heterocycles. The van der Waals surface area contributed by atoms with E-state index in [1.54, 1.807) is 0 Å². The van der Waals surface area contributed by atoms with Crippen LogP contribution in [0.2, 0.25) is 0 Å². The van der Waals surface area contributed by atoms with Crippen LogP contribution < -0.4 is 10.6 Å². The van der Waals surface area contributed by atoms with Crippen LogP contribution >= 0.6 is 0 Å². The first-order chi connectivity index (χ1) is 5.71. The third-order valence-electron chi connectivity index (χ3n) is 1.36. The predicted molar refractivity (Wildman–Crippen MR) is 55.5 cm³/mol. The molecule has 2 N–H and O–H groups in total. The number of hydrogen-bond donors (Lipinski definition) is 2. The number of hydrogen-bond acceptors (Lipinski definition) is 2. The van der Waals surface area contributed by atoms with Crippen LogP contribution in [0.3, 0.4) is 0 Å². The quantitative estimate of drug-likeness (QED) is 0.566. The fourth-order valence-corrected chi connectivity index (χ4v) is 2.09. The van der Waals surface area contributed by atoms with E-state index < -0.39 is 0 Å².